The molecule has 0 amide bonds. The number of anilines is 4. The molecule has 0 spiro atoms. The molecule has 6 aliphatic heterocycles. The van der Waals surface area contributed by atoms with E-state index in [4.69, 9.17) is 104 Å². The Morgan fingerprint density at radius 3 is 1.45 bits per heavy atom. The molecule has 13 N–H and O–H groups in total. The zero-order chi connectivity index (χ0) is 65.5. The highest BCUT2D eigenvalue weighted by atomic mass is 32.7. The third-order valence-electron chi connectivity index (χ3n) is 14.5. The van der Waals surface area contributed by atoms with Crippen molar-refractivity contribution in [3.63, 3.8) is 0 Å². The largest absolute Gasteiger partial charge is 0.397 e. The van der Waals surface area contributed by atoms with Crippen molar-refractivity contribution in [2.24, 2.45) is 0 Å². The van der Waals surface area contributed by atoms with E-state index in [2.05, 4.69) is 72.7 Å². The summed E-state index contributed by atoms with van der Waals surface area (Å²) < 4.78 is 168. The molecule has 18 atom stereocenters. The number of thiol groups is 1. The smallest absolute Gasteiger partial charge is 0.386 e. The molecule has 6 aliphatic rings. The fourth-order valence-electron chi connectivity index (χ4n) is 10.4. The van der Waals surface area contributed by atoms with Crippen molar-refractivity contribution in [3.8, 4) is 0 Å². The highest BCUT2D eigenvalue weighted by Gasteiger charge is 2.66. The maximum absolute atomic E-state index is 16.0. The van der Waals surface area contributed by atoms with Gasteiger partial charge in [0.15, 0.2) is 56.9 Å². The molecule has 4 unspecified atom stereocenters. The van der Waals surface area contributed by atoms with E-state index in [9.17, 15) is 28.8 Å². The van der Waals surface area contributed by atoms with Crippen LogP contribution < -0.4 is 34.1 Å². The number of aromatic amines is 2. The second-order valence-electron chi connectivity index (χ2n) is 20.4. The van der Waals surface area contributed by atoms with E-state index in [-0.39, 0.29) is 67.9 Å². The number of fused-ring (bicyclic) bond motifs is 10. The number of hydrogen-bond donors (Lipinski definition) is 10. The second kappa shape index (κ2) is 24.1. The summed E-state index contributed by atoms with van der Waals surface area (Å²) in [5.74, 6) is -8.49. The molecule has 92 heavy (non-hydrogen) atoms. The number of rotatable bonds is 4. The standard InChI is InChI=1S/2C20H21F3N10O8P2S3/c2*21-9-8-4-38-43(36,45)41-13-7(39-18(20(13,22)23)33-14-10(30-31-33)6(24)1-2-26-14)3-37-42(35,44)40-12(9)17(46-8)32-5-27-11-15(32)28-19(25)29-16(11)34/h2*1-2,5,7-9,12-13,17-18H,3-4H2,(H2,24,26)(H,35,44)(H,36,45)(H3,25,28,29,34)/t2*7-,8-,9+,12-,13-,17-,18-,42?,43?/m11/s1. The van der Waals surface area contributed by atoms with Crippen molar-refractivity contribution < 1.29 is 91.3 Å². The molecule has 14 rings (SSSR count). The Morgan fingerprint density at radius 1 is 0.598 bits per heavy atom. The molecule has 496 valence electrons. The van der Waals surface area contributed by atoms with Gasteiger partial charge in [-0.25, -0.2) is 33.3 Å². The summed E-state index contributed by atoms with van der Waals surface area (Å²) >= 11 is 20.9. The minimum Gasteiger partial charge on any atom is -0.397 e. The first-order valence-corrected chi connectivity index (χ1v) is 38.3. The molecular formula is C40H42F6N20O16P4S6. The Bertz CT molecular complexity index is 4290. The van der Waals surface area contributed by atoms with Gasteiger partial charge in [-0.05, 0) is 47.6 Å². The number of hydrogen-bond acceptors (Lipinski definition) is 32. The summed E-state index contributed by atoms with van der Waals surface area (Å²) in [7, 11) is 0. The van der Waals surface area contributed by atoms with Gasteiger partial charge in [-0.3, -0.25) is 51.3 Å². The van der Waals surface area contributed by atoms with Crippen molar-refractivity contribution >= 4 is 166 Å². The molecule has 0 radical (unpaired) electrons. The van der Waals surface area contributed by atoms with Gasteiger partial charge in [0.05, 0.1) is 61.0 Å². The molecule has 4 bridgehead atoms. The van der Waals surface area contributed by atoms with Crippen LogP contribution in [-0.2, 0) is 85.6 Å². The molecule has 8 aromatic heterocycles. The number of nitrogens with one attached hydrogen (secondary N) is 2. The van der Waals surface area contributed by atoms with Crippen LogP contribution in [-0.4, -0.2) is 191 Å². The van der Waals surface area contributed by atoms with E-state index < -0.39 is 159 Å². The van der Waals surface area contributed by atoms with Gasteiger partial charge in [0.25, 0.3) is 11.1 Å². The highest BCUT2D eigenvalue weighted by molar-refractivity contribution is 8.44. The Kier molecular flexibility index (Phi) is 17.3. The van der Waals surface area contributed by atoms with Crippen molar-refractivity contribution in [1.82, 2.24) is 79.0 Å². The van der Waals surface area contributed by atoms with Gasteiger partial charge in [0, 0.05) is 12.4 Å². The maximum Gasteiger partial charge on any atom is 0.386 e. The molecular weight excluding hydrogens is 1450 g/mol. The first-order valence-electron chi connectivity index (χ1n) is 25.9. The third kappa shape index (κ3) is 12.2. The number of halogens is 6. The molecule has 0 aromatic carbocycles. The lowest BCUT2D eigenvalue weighted by atomic mass is 10.1. The number of aromatic nitrogens is 16. The number of nitrogens with two attached hydrogens (primary N) is 4. The number of alkyl halides is 6. The lowest BCUT2D eigenvalue weighted by molar-refractivity contribution is -0.140. The van der Waals surface area contributed by atoms with Crippen molar-refractivity contribution in [2.75, 3.05) is 49.4 Å². The molecule has 6 saturated heterocycles. The first kappa shape index (κ1) is 65.9. The van der Waals surface area contributed by atoms with Crippen LogP contribution in [0.25, 0.3) is 44.7 Å². The van der Waals surface area contributed by atoms with E-state index in [0.29, 0.717) is 9.36 Å². The fraction of sp³-hybridized carbons (Fsp3) is 0.500. The van der Waals surface area contributed by atoms with Crippen LogP contribution in [0.3, 0.4) is 0 Å². The van der Waals surface area contributed by atoms with Gasteiger partial charge >= 0.3 is 38.8 Å². The SMILES string of the molecule is Nc1nc2c(ncn2[C@@H]2S[C@@H]3COP(O)(=S)O[C@@H]4[C@@H](COP(=O)(S)O[C@@H]2[C@H]3F)O[C@@H](n2nnc3c(N)ccnc32)C4(F)F)c(=O)[nH]1.Nc1nc2c(ncn2[C@@H]2S[C@@H]3COP(O)(=S)O[C@@H]4[C@@H](COP(O)(=S)O[C@@H]2[C@H]3F)O[C@@H](n2nnc3c(N)ccnc32)C4(F)F)c(=O)[nH]1. The van der Waals surface area contributed by atoms with Crippen molar-refractivity contribution in [2.45, 2.75) is 94.5 Å². The average Bonchev–Trinajstić information content (AvgIpc) is 1.62. The van der Waals surface area contributed by atoms with Crippen LogP contribution in [0, 0.1) is 0 Å². The molecule has 52 heteroatoms. The summed E-state index contributed by atoms with van der Waals surface area (Å²) in [6.07, 6.45) is -15.0. The minimum atomic E-state index is -4.57. The zero-order valence-corrected chi connectivity index (χ0v) is 53.7. The van der Waals surface area contributed by atoms with Gasteiger partial charge in [-0.1, -0.05) is 22.7 Å². The quantitative estimate of drug-likeness (QED) is 0.0687. The number of nitrogen functional groups attached to an aromatic ring is 4. The topological polar surface area (TPSA) is 488 Å². The van der Waals surface area contributed by atoms with Crippen LogP contribution in [0.5, 0.6) is 0 Å². The number of nitrogens with zero attached hydrogens (tertiary/aromatic N) is 14. The minimum absolute atomic E-state index is 0.0153. The Morgan fingerprint density at radius 2 is 1.00 bits per heavy atom. The van der Waals surface area contributed by atoms with Gasteiger partial charge in [-0.2, -0.15) is 36.9 Å². The molecule has 36 nitrogen and oxygen atoms in total. The fourth-order valence-corrected chi connectivity index (χ4v) is 19.4. The average molecular weight is 1490 g/mol. The van der Waals surface area contributed by atoms with Gasteiger partial charge in [0.2, 0.25) is 24.4 Å². The Labute approximate surface area is 535 Å². The van der Waals surface area contributed by atoms with Crippen LogP contribution in [0.2, 0.25) is 0 Å². The van der Waals surface area contributed by atoms with Crippen LogP contribution in [0.15, 0.2) is 46.8 Å². The predicted octanol–water partition coefficient (Wildman–Crippen LogP) is 2.54. The summed E-state index contributed by atoms with van der Waals surface area (Å²) in [5.41, 5.74) is 21.4. The van der Waals surface area contributed by atoms with Crippen LogP contribution in [0.4, 0.5) is 49.6 Å². The number of H-pyrrole nitrogens is 2. The maximum atomic E-state index is 16.0. The predicted molar refractivity (Wildman–Crippen MR) is 322 cm³/mol. The monoisotopic (exact) mass is 1490 g/mol. The molecule has 0 aliphatic carbocycles. The van der Waals surface area contributed by atoms with Crippen LogP contribution in [0.1, 0.15) is 23.2 Å². The second-order valence-corrected chi connectivity index (χ2v) is 34.4. The lowest BCUT2D eigenvalue weighted by Gasteiger charge is -2.28. The summed E-state index contributed by atoms with van der Waals surface area (Å²) in [5, 5.41) is 10.4. The Balaban J connectivity index is 0.000000168. The van der Waals surface area contributed by atoms with Crippen LogP contribution >= 0.6 is 62.7 Å². The van der Waals surface area contributed by atoms with E-state index in [1.165, 1.54) is 46.3 Å². The molecule has 8 aromatic rings. The highest BCUT2D eigenvalue weighted by Crippen LogP contribution is 2.63. The molecule has 0 saturated carbocycles. The lowest BCUT2D eigenvalue weighted by Crippen LogP contribution is -2.41. The Hall–Kier alpha value is -4.71. The van der Waals surface area contributed by atoms with E-state index in [0.717, 1.165) is 23.5 Å². The summed E-state index contributed by atoms with van der Waals surface area (Å²) in [6, 6.07) is 2.79. The van der Waals surface area contributed by atoms with Gasteiger partial charge in [0.1, 0.15) is 47.5 Å². The van der Waals surface area contributed by atoms with E-state index in [1.807, 2.05) is 0 Å². The number of pyridine rings is 2. The van der Waals surface area contributed by atoms with Gasteiger partial charge in [-0.15, -0.1) is 33.7 Å². The third-order valence-corrected chi connectivity index (χ3v) is 23.8. The number of ether oxygens (including phenoxy) is 2. The normalized spacial score (nSPS) is 36.7. The zero-order valence-electron chi connectivity index (χ0n) is 45.1. The van der Waals surface area contributed by atoms with E-state index in [1.54, 1.807) is 0 Å². The van der Waals surface area contributed by atoms with Crippen molar-refractivity contribution in [3.05, 3.63) is 57.9 Å². The van der Waals surface area contributed by atoms with E-state index >= 15 is 26.3 Å². The first-order chi connectivity index (χ1) is 43.3. The molecule has 14 heterocycles. The molecule has 6 fully saturated rings. The summed E-state index contributed by atoms with van der Waals surface area (Å²) in [4.78, 5) is 86.2. The summed E-state index contributed by atoms with van der Waals surface area (Å²) in [6.45, 7) is -21.2. The van der Waals surface area contributed by atoms with Gasteiger partial charge < -0.3 is 60.7 Å². The number of imidazole rings is 2. The number of thioether (sulfide) groups is 2. The van der Waals surface area contributed by atoms with Crippen molar-refractivity contribution in [1.29, 1.82) is 0 Å².